The van der Waals surface area contributed by atoms with Gasteiger partial charge in [-0.1, -0.05) is 0 Å². The van der Waals surface area contributed by atoms with Crippen molar-refractivity contribution in [1.29, 1.82) is 0 Å². The molecule has 3 heteroatoms. The molecule has 0 aromatic rings. The van der Waals surface area contributed by atoms with Gasteiger partial charge >= 0.3 is 0 Å². The molecule has 0 unspecified atom stereocenters. The highest BCUT2D eigenvalue weighted by molar-refractivity contribution is 4.86. The maximum atomic E-state index is 5.52. The summed E-state index contributed by atoms with van der Waals surface area (Å²) in [6.45, 7) is 6.59. The second kappa shape index (κ2) is 5.10. The summed E-state index contributed by atoms with van der Waals surface area (Å²) >= 11 is 0. The summed E-state index contributed by atoms with van der Waals surface area (Å²) < 4.78 is 5.52. The van der Waals surface area contributed by atoms with Crippen LogP contribution in [0.2, 0.25) is 0 Å². The number of rotatable bonds is 6. The Kier molecular flexibility index (Phi) is 3.79. The molecule has 1 aliphatic heterocycles. The van der Waals surface area contributed by atoms with Gasteiger partial charge in [-0.05, 0) is 51.7 Å². The second-order valence-electron chi connectivity index (χ2n) is 4.51. The highest BCUT2D eigenvalue weighted by Gasteiger charge is 2.29. The van der Waals surface area contributed by atoms with Crippen LogP contribution >= 0.6 is 0 Å². The molecule has 1 heterocycles. The molecule has 0 atom stereocenters. The van der Waals surface area contributed by atoms with Gasteiger partial charge in [0.1, 0.15) is 0 Å². The van der Waals surface area contributed by atoms with Crippen molar-refractivity contribution in [3.63, 3.8) is 0 Å². The van der Waals surface area contributed by atoms with Crippen molar-refractivity contribution >= 4 is 0 Å². The number of hydrogen-bond donors (Lipinski definition) is 2. The van der Waals surface area contributed by atoms with E-state index in [4.69, 9.17) is 4.74 Å². The summed E-state index contributed by atoms with van der Waals surface area (Å²) in [5.41, 5.74) is 0. The van der Waals surface area contributed by atoms with Crippen LogP contribution in [0.3, 0.4) is 0 Å². The topological polar surface area (TPSA) is 33.3 Å². The van der Waals surface area contributed by atoms with E-state index >= 15 is 0 Å². The van der Waals surface area contributed by atoms with E-state index in [1.165, 1.54) is 38.9 Å². The minimum Gasteiger partial charge on any atom is -0.378 e. The average molecular weight is 198 g/mol. The molecule has 1 saturated heterocycles. The molecule has 0 radical (unpaired) electrons. The number of nitrogens with one attached hydrogen (secondary N) is 2. The van der Waals surface area contributed by atoms with Crippen molar-refractivity contribution in [2.45, 2.75) is 38.3 Å². The highest BCUT2D eigenvalue weighted by atomic mass is 16.5. The van der Waals surface area contributed by atoms with Gasteiger partial charge in [0, 0.05) is 12.6 Å². The molecule has 1 saturated carbocycles. The van der Waals surface area contributed by atoms with Gasteiger partial charge in [0.2, 0.25) is 0 Å². The van der Waals surface area contributed by atoms with E-state index in [-0.39, 0.29) is 0 Å². The monoisotopic (exact) mass is 198 g/mol. The number of ether oxygens (including phenoxy) is 1. The van der Waals surface area contributed by atoms with Gasteiger partial charge in [-0.3, -0.25) is 0 Å². The summed E-state index contributed by atoms with van der Waals surface area (Å²) in [5.74, 6) is 0.935. The Balaban J connectivity index is 1.43. The highest BCUT2D eigenvalue weighted by Crippen LogP contribution is 2.23. The lowest BCUT2D eigenvalue weighted by Gasteiger charge is -2.36. The summed E-state index contributed by atoms with van der Waals surface area (Å²) in [5, 5.41) is 6.90. The lowest BCUT2D eigenvalue weighted by atomic mass is 9.89. The smallest absolute Gasteiger partial charge is 0.0604 e. The van der Waals surface area contributed by atoms with Crippen molar-refractivity contribution in [3.05, 3.63) is 0 Å². The van der Waals surface area contributed by atoms with Crippen LogP contribution in [0.15, 0.2) is 0 Å². The Bertz CT molecular complexity index is 165. The SMILES string of the molecule is CCOC1CC(NCCC2CNC2)C1. The first-order valence-corrected chi connectivity index (χ1v) is 5.94. The summed E-state index contributed by atoms with van der Waals surface area (Å²) in [6, 6.07) is 0.736. The van der Waals surface area contributed by atoms with Crippen molar-refractivity contribution in [1.82, 2.24) is 10.6 Å². The normalized spacial score (nSPS) is 32.4. The minimum absolute atomic E-state index is 0.544. The Morgan fingerprint density at radius 3 is 2.71 bits per heavy atom. The maximum absolute atomic E-state index is 5.52. The molecule has 0 aromatic heterocycles. The zero-order valence-electron chi connectivity index (χ0n) is 9.09. The average Bonchev–Trinajstić information content (AvgIpc) is 2.04. The van der Waals surface area contributed by atoms with Crippen molar-refractivity contribution < 1.29 is 4.74 Å². The first-order valence-electron chi connectivity index (χ1n) is 5.94. The fraction of sp³-hybridized carbons (Fsp3) is 1.00. The third-order valence-electron chi connectivity index (χ3n) is 3.35. The van der Waals surface area contributed by atoms with E-state index in [0.29, 0.717) is 6.10 Å². The molecule has 2 N–H and O–H groups in total. The van der Waals surface area contributed by atoms with Crippen LogP contribution in [0.5, 0.6) is 0 Å². The second-order valence-corrected chi connectivity index (χ2v) is 4.51. The van der Waals surface area contributed by atoms with Crippen LogP contribution in [-0.2, 0) is 4.74 Å². The molecule has 14 heavy (non-hydrogen) atoms. The first kappa shape index (κ1) is 10.4. The molecule has 0 aromatic carbocycles. The zero-order valence-corrected chi connectivity index (χ0v) is 9.09. The molecule has 2 aliphatic rings. The van der Waals surface area contributed by atoms with E-state index < -0.39 is 0 Å². The molecule has 1 aliphatic carbocycles. The van der Waals surface area contributed by atoms with Crippen molar-refractivity contribution in [2.24, 2.45) is 5.92 Å². The van der Waals surface area contributed by atoms with E-state index in [0.717, 1.165) is 18.6 Å². The molecular weight excluding hydrogens is 176 g/mol. The molecule has 2 rings (SSSR count). The van der Waals surface area contributed by atoms with Gasteiger partial charge in [0.15, 0.2) is 0 Å². The van der Waals surface area contributed by atoms with Crippen LogP contribution in [0.4, 0.5) is 0 Å². The Morgan fingerprint density at radius 2 is 2.14 bits per heavy atom. The Labute approximate surface area is 86.6 Å². The fourth-order valence-corrected chi connectivity index (χ4v) is 2.15. The van der Waals surface area contributed by atoms with Crippen LogP contribution in [-0.4, -0.2) is 38.4 Å². The van der Waals surface area contributed by atoms with Crippen LogP contribution in [0, 0.1) is 5.92 Å². The predicted octanol–water partition coefficient (Wildman–Crippen LogP) is 0.753. The molecular formula is C11H22N2O. The van der Waals surface area contributed by atoms with Gasteiger partial charge in [0.25, 0.3) is 0 Å². The van der Waals surface area contributed by atoms with Gasteiger partial charge in [-0.25, -0.2) is 0 Å². The first-order chi connectivity index (χ1) is 6.88. The van der Waals surface area contributed by atoms with Gasteiger partial charge < -0.3 is 15.4 Å². The van der Waals surface area contributed by atoms with Gasteiger partial charge in [0.05, 0.1) is 6.10 Å². The standard InChI is InChI=1S/C11H22N2O/c1-2-14-11-5-10(6-11)13-4-3-9-7-12-8-9/h9-13H,2-8H2,1H3. The Hall–Kier alpha value is -0.120. The quantitative estimate of drug-likeness (QED) is 0.661. The lowest BCUT2D eigenvalue weighted by molar-refractivity contribution is -0.0101. The third kappa shape index (κ3) is 2.69. The maximum Gasteiger partial charge on any atom is 0.0604 e. The molecule has 0 bridgehead atoms. The largest absolute Gasteiger partial charge is 0.378 e. The van der Waals surface area contributed by atoms with E-state index in [2.05, 4.69) is 17.6 Å². The predicted molar refractivity (Wildman–Crippen MR) is 57.4 cm³/mol. The van der Waals surface area contributed by atoms with Crippen LogP contribution < -0.4 is 10.6 Å². The molecule has 82 valence electrons. The molecule has 0 spiro atoms. The molecule has 2 fully saturated rings. The van der Waals surface area contributed by atoms with Crippen molar-refractivity contribution in [3.8, 4) is 0 Å². The van der Waals surface area contributed by atoms with Crippen molar-refractivity contribution in [2.75, 3.05) is 26.2 Å². The summed E-state index contributed by atoms with van der Waals surface area (Å²) in [7, 11) is 0. The minimum atomic E-state index is 0.544. The number of hydrogen-bond acceptors (Lipinski definition) is 3. The van der Waals surface area contributed by atoms with Crippen LogP contribution in [0.1, 0.15) is 26.2 Å². The third-order valence-corrected chi connectivity index (χ3v) is 3.35. The van der Waals surface area contributed by atoms with Gasteiger partial charge in [-0.15, -0.1) is 0 Å². The van der Waals surface area contributed by atoms with E-state index in [9.17, 15) is 0 Å². The fourth-order valence-electron chi connectivity index (χ4n) is 2.15. The lowest BCUT2D eigenvalue weighted by Crippen LogP contribution is -2.48. The van der Waals surface area contributed by atoms with E-state index in [1.807, 2.05) is 0 Å². The summed E-state index contributed by atoms with van der Waals surface area (Å²) in [4.78, 5) is 0. The van der Waals surface area contributed by atoms with E-state index in [1.54, 1.807) is 0 Å². The summed E-state index contributed by atoms with van der Waals surface area (Å²) in [6.07, 6.45) is 4.32. The molecule has 0 amide bonds. The van der Waals surface area contributed by atoms with Gasteiger partial charge in [-0.2, -0.15) is 0 Å². The molecule has 3 nitrogen and oxygen atoms in total. The zero-order chi connectivity index (χ0) is 9.80. The Morgan fingerprint density at radius 1 is 1.36 bits per heavy atom. The van der Waals surface area contributed by atoms with Crippen LogP contribution in [0.25, 0.3) is 0 Å².